The van der Waals surface area contributed by atoms with Gasteiger partial charge >= 0.3 is 0 Å². The van der Waals surface area contributed by atoms with Gasteiger partial charge in [-0.1, -0.05) is 0 Å². The second-order valence-electron chi connectivity index (χ2n) is 6.28. The van der Waals surface area contributed by atoms with Crippen molar-refractivity contribution in [3.8, 4) is 0 Å². The smallest absolute Gasteiger partial charge is 0.289 e. The molecular formula is C15H23N3O4S. The van der Waals surface area contributed by atoms with Crippen LogP contribution in [0.25, 0.3) is 0 Å². The highest BCUT2D eigenvalue weighted by Gasteiger charge is 2.33. The first kappa shape index (κ1) is 16.5. The minimum absolute atomic E-state index is 0.0953. The van der Waals surface area contributed by atoms with Crippen LogP contribution >= 0.6 is 0 Å². The topological polar surface area (TPSA) is 96.8 Å². The van der Waals surface area contributed by atoms with Crippen LogP contribution in [0.4, 0.5) is 0 Å². The maximum Gasteiger partial charge on any atom is 0.289 e. The monoisotopic (exact) mass is 341 g/mol. The van der Waals surface area contributed by atoms with Crippen LogP contribution in [-0.4, -0.2) is 56.3 Å². The number of hydrogen-bond donors (Lipinski definition) is 1. The number of rotatable bonds is 4. The van der Waals surface area contributed by atoms with Crippen molar-refractivity contribution in [1.29, 1.82) is 0 Å². The lowest BCUT2D eigenvalue weighted by Crippen LogP contribution is -2.29. The fraction of sp³-hybridized carbons (Fsp3) is 0.667. The summed E-state index contributed by atoms with van der Waals surface area (Å²) in [4.78, 5) is 14.3. The van der Waals surface area contributed by atoms with Crippen molar-refractivity contribution >= 4 is 15.9 Å². The average Bonchev–Trinajstić information content (AvgIpc) is 3.26. The lowest BCUT2D eigenvalue weighted by molar-refractivity contribution is 0.0754. The fourth-order valence-corrected chi connectivity index (χ4v) is 4.94. The van der Waals surface area contributed by atoms with Gasteiger partial charge in [0.2, 0.25) is 10.0 Å². The highest BCUT2D eigenvalue weighted by atomic mass is 32.2. The summed E-state index contributed by atoms with van der Waals surface area (Å²) in [6, 6.07) is 1.38. The largest absolute Gasteiger partial charge is 0.455 e. The lowest BCUT2D eigenvalue weighted by atomic mass is 10.1. The molecule has 2 aliphatic rings. The molecule has 1 unspecified atom stereocenters. The van der Waals surface area contributed by atoms with Crippen LogP contribution in [0, 0.1) is 12.8 Å². The van der Waals surface area contributed by atoms with Gasteiger partial charge in [-0.05, 0) is 38.6 Å². The molecule has 2 saturated heterocycles. The normalized spacial score (nSPS) is 22.9. The van der Waals surface area contributed by atoms with Crippen molar-refractivity contribution in [3.05, 3.63) is 17.6 Å². The number of sulfonamides is 1. The first-order chi connectivity index (χ1) is 10.9. The van der Waals surface area contributed by atoms with E-state index in [0.29, 0.717) is 38.6 Å². The van der Waals surface area contributed by atoms with E-state index in [1.165, 1.54) is 10.4 Å². The average molecular weight is 341 g/mol. The zero-order valence-corrected chi connectivity index (χ0v) is 14.1. The number of carbonyl (C=O) groups excluding carboxylic acids is 1. The number of hydrogen-bond acceptors (Lipinski definition) is 5. The summed E-state index contributed by atoms with van der Waals surface area (Å²) >= 11 is 0. The van der Waals surface area contributed by atoms with E-state index in [2.05, 4.69) is 0 Å². The Kier molecular flexibility index (Phi) is 4.48. The predicted molar refractivity (Wildman–Crippen MR) is 84.5 cm³/mol. The number of nitrogens with zero attached hydrogens (tertiary/aromatic N) is 2. The molecule has 8 heteroatoms. The Hall–Kier alpha value is -1.38. The first-order valence-electron chi connectivity index (χ1n) is 8.03. The Bertz CT molecular complexity index is 692. The third-order valence-corrected chi connectivity index (χ3v) is 6.68. The lowest BCUT2D eigenvalue weighted by Gasteiger charge is -2.14. The van der Waals surface area contributed by atoms with Crippen molar-refractivity contribution in [2.75, 3.05) is 32.7 Å². The molecule has 0 spiro atoms. The standard InChI is InChI=1S/C15H23N3O4S/c1-11-14(23(20,21)18-5-2-3-6-18)8-13(22-11)15(19)17-7-4-12(9-16)10-17/h8,12H,2-7,9-10,16H2,1H3. The molecule has 0 aliphatic carbocycles. The number of furan rings is 1. The van der Waals surface area contributed by atoms with Gasteiger partial charge in [-0.3, -0.25) is 4.79 Å². The van der Waals surface area contributed by atoms with E-state index >= 15 is 0 Å². The molecule has 0 radical (unpaired) electrons. The summed E-state index contributed by atoms with van der Waals surface area (Å²) in [5.41, 5.74) is 5.64. The molecule has 7 nitrogen and oxygen atoms in total. The van der Waals surface area contributed by atoms with Crippen molar-refractivity contribution in [2.45, 2.75) is 31.1 Å². The van der Waals surface area contributed by atoms with E-state index in [-0.39, 0.29) is 22.3 Å². The summed E-state index contributed by atoms with van der Waals surface area (Å²) in [5, 5.41) is 0. The van der Waals surface area contributed by atoms with Crippen molar-refractivity contribution in [1.82, 2.24) is 9.21 Å². The van der Waals surface area contributed by atoms with Gasteiger partial charge < -0.3 is 15.1 Å². The number of aryl methyl sites for hydroxylation is 1. The van der Waals surface area contributed by atoms with Gasteiger partial charge in [-0.2, -0.15) is 4.31 Å². The Morgan fingerprint density at radius 3 is 2.65 bits per heavy atom. The second kappa shape index (κ2) is 6.26. The molecule has 1 aromatic heterocycles. The third kappa shape index (κ3) is 3.02. The molecule has 2 fully saturated rings. The zero-order valence-electron chi connectivity index (χ0n) is 13.3. The molecule has 23 heavy (non-hydrogen) atoms. The van der Waals surface area contributed by atoms with Gasteiger partial charge in [0, 0.05) is 32.2 Å². The zero-order chi connectivity index (χ0) is 16.6. The van der Waals surface area contributed by atoms with Crippen molar-refractivity contribution in [2.24, 2.45) is 11.7 Å². The highest BCUT2D eigenvalue weighted by Crippen LogP contribution is 2.27. The quantitative estimate of drug-likeness (QED) is 0.873. The summed E-state index contributed by atoms with van der Waals surface area (Å²) in [6.45, 7) is 4.43. The molecule has 0 aromatic carbocycles. The molecule has 3 rings (SSSR count). The summed E-state index contributed by atoms with van der Waals surface area (Å²) in [5.74, 6) is 0.419. The van der Waals surface area contributed by atoms with Gasteiger partial charge in [0.15, 0.2) is 5.76 Å². The van der Waals surface area contributed by atoms with E-state index in [0.717, 1.165) is 19.3 Å². The van der Waals surface area contributed by atoms with Gasteiger partial charge in [0.05, 0.1) is 0 Å². The number of carbonyl (C=O) groups is 1. The maximum absolute atomic E-state index is 12.6. The summed E-state index contributed by atoms with van der Waals surface area (Å²) in [7, 11) is -3.57. The van der Waals surface area contributed by atoms with Crippen LogP contribution in [-0.2, 0) is 10.0 Å². The van der Waals surface area contributed by atoms with E-state index in [9.17, 15) is 13.2 Å². The SMILES string of the molecule is Cc1oc(C(=O)N2CCC(CN)C2)cc1S(=O)(=O)N1CCCC1. The van der Waals surface area contributed by atoms with Crippen molar-refractivity contribution in [3.63, 3.8) is 0 Å². The summed E-state index contributed by atoms with van der Waals surface area (Å²) < 4.78 is 32.2. The number of amides is 1. The van der Waals surface area contributed by atoms with E-state index in [1.807, 2.05) is 0 Å². The fourth-order valence-electron chi connectivity index (χ4n) is 3.26. The van der Waals surface area contributed by atoms with Crippen LogP contribution in [0.5, 0.6) is 0 Å². The predicted octanol–water partition coefficient (Wildman–Crippen LogP) is 0.793. The minimum Gasteiger partial charge on any atom is -0.455 e. The van der Waals surface area contributed by atoms with Gasteiger partial charge in [-0.25, -0.2) is 8.42 Å². The Labute approximate surface area is 136 Å². The second-order valence-corrected chi connectivity index (χ2v) is 8.19. The Morgan fingerprint density at radius 1 is 1.35 bits per heavy atom. The molecule has 0 bridgehead atoms. The van der Waals surface area contributed by atoms with Gasteiger partial charge in [0.1, 0.15) is 10.7 Å². The molecule has 128 valence electrons. The van der Waals surface area contributed by atoms with Crippen LogP contribution in [0.1, 0.15) is 35.6 Å². The number of nitrogens with two attached hydrogens (primary N) is 1. The van der Waals surface area contributed by atoms with Crippen LogP contribution < -0.4 is 5.73 Å². The summed E-state index contributed by atoms with van der Waals surface area (Å²) in [6.07, 6.45) is 2.62. The third-order valence-electron chi connectivity index (χ3n) is 4.67. The number of likely N-dealkylation sites (tertiary alicyclic amines) is 1. The van der Waals surface area contributed by atoms with Crippen LogP contribution in [0.15, 0.2) is 15.4 Å². The van der Waals surface area contributed by atoms with Gasteiger partial charge in [-0.15, -0.1) is 0 Å². The van der Waals surface area contributed by atoms with E-state index < -0.39 is 10.0 Å². The molecule has 1 atom stereocenters. The maximum atomic E-state index is 12.6. The van der Waals surface area contributed by atoms with Crippen LogP contribution in [0.3, 0.4) is 0 Å². The van der Waals surface area contributed by atoms with Crippen LogP contribution in [0.2, 0.25) is 0 Å². The molecule has 0 saturated carbocycles. The van der Waals surface area contributed by atoms with E-state index in [1.54, 1.807) is 11.8 Å². The first-order valence-corrected chi connectivity index (χ1v) is 9.47. The molecular weight excluding hydrogens is 318 g/mol. The van der Waals surface area contributed by atoms with Gasteiger partial charge in [0.25, 0.3) is 5.91 Å². The molecule has 1 aromatic rings. The Balaban J connectivity index is 1.82. The highest BCUT2D eigenvalue weighted by molar-refractivity contribution is 7.89. The Morgan fingerprint density at radius 2 is 2.04 bits per heavy atom. The molecule has 1 amide bonds. The van der Waals surface area contributed by atoms with E-state index in [4.69, 9.17) is 10.2 Å². The van der Waals surface area contributed by atoms with Crippen molar-refractivity contribution < 1.29 is 17.6 Å². The minimum atomic E-state index is -3.57. The molecule has 3 heterocycles. The molecule has 2 N–H and O–H groups in total. The molecule has 2 aliphatic heterocycles.